The van der Waals surface area contributed by atoms with Gasteiger partial charge in [0.15, 0.2) is 0 Å². The van der Waals surface area contributed by atoms with Gasteiger partial charge in [-0.2, -0.15) is 0 Å². The second kappa shape index (κ2) is 9.79. The Bertz CT molecular complexity index is 343. The molecule has 0 saturated heterocycles. The van der Waals surface area contributed by atoms with E-state index < -0.39 is 0 Å². The first-order chi connectivity index (χ1) is 9.66. The maximum absolute atomic E-state index is 11.8. The highest BCUT2D eigenvalue weighted by molar-refractivity contribution is 5.97. The van der Waals surface area contributed by atoms with Gasteiger partial charge in [0.1, 0.15) is 0 Å². The molecule has 1 aliphatic rings. The van der Waals surface area contributed by atoms with Crippen molar-refractivity contribution in [2.75, 3.05) is 6.54 Å². The first-order valence-electron chi connectivity index (χ1n) is 8.36. The van der Waals surface area contributed by atoms with Crippen molar-refractivity contribution in [2.45, 2.75) is 78.1 Å². The normalized spacial score (nSPS) is 15.1. The van der Waals surface area contributed by atoms with Crippen LogP contribution in [0.15, 0.2) is 23.9 Å². The van der Waals surface area contributed by atoms with E-state index in [9.17, 15) is 4.79 Å². The van der Waals surface area contributed by atoms with Gasteiger partial charge in [0.2, 0.25) is 0 Å². The first-order valence-corrected chi connectivity index (χ1v) is 8.36. The lowest BCUT2D eigenvalue weighted by Crippen LogP contribution is -2.26. The highest BCUT2D eigenvalue weighted by atomic mass is 16.2. The van der Waals surface area contributed by atoms with Gasteiger partial charge < -0.3 is 4.90 Å². The molecule has 1 rings (SSSR count). The maximum Gasteiger partial charge on any atom is 0.253 e. The van der Waals surface area contributed by atoms with Crippen molar-refractivity contribution >= 4 is 5.91 Å². The van der Waals surface area contributed by atoms with E-state index in [0.717, 1.165) is 24.2 Å². The topological polar surface area (TPSA) is 20.3 Å². The van der Waals surface area contributed by atoms with Gasteiger partial charge in [-0.05, 0) is 19.4 Å². The van der Waals surface area contributed by atoms with E-state index in [0.29, 0.717) is 0 Å². The van der Waals surface area contributed by atoms with Gasteiger partial charge in [-0.3, -0.25) is 4.79 Å². The van der Waals surface area contributed by atoms with Gasteiger partial charge in [0.25, 0.3) is 5.91 Å². The number of carbonyl (C=O) groups excluding carboxylic acids is 1. The Morgan fingerprint density at radius 3 is 1.90 bits per heavy atom. The van der Waals surface area contributed by atoms with Crippen LogP contribution in [0.5, 0.6) is 0 Å². The van der Waals surface area contributed by atoms with Crippen LogP contribution in [0.4, 0.5) is 0 Å². The van der Waals surface area contributed by atoms with Gasteiger partial charge in [-0.15, -0.1) is 0 Å². The predicted molar refractivity (Wildman–Crippen MR) is 86.5 cm³/mol. The molecule has 2 nitrogen and oxygen atoms in total. The Kier molecular flexibility index (Phi) is 8.32. The average molecular weight is 277 g/mol. The number of amides is 1. The van der Waals surface area contributed by atoms with E-state index in [1.807, 2.05) is 17.9 Å². The van der Waals surface area contributed by atoms with Crippen molar-refractivity contribution in [3.63, 3.8) is 0 Å². The van der Waals surface area contributed by atoms with Crippen LogP contribution in [0.1, 0.15) is 78.1 Å². The van der Waals surface area contributed by atoms with Crippen molar-refractivity contribution in [2.24, 2.45) is 0 Å². The average Bonchev–Trinajstić information content (AvgIpc) is 2.67. The van der Waals surface area contributed by atoms with Gasteiger partial charge in [0, 0.05) is 17.8 Å². The molecule has 20 heavy (non-hydrogen) atoms. The van der Waals surface area contributed by atoms with Gasteiger partial charge in [-0.1, -0.05) is 71.3 Å². The lowest BCUT2D eigenvalue weighted by atomic mass is 10.1. The molecule has 0 saturated carbocycles. The van der Waals surface area contributed by atoms with E-state index in [1.54, 1.807) is 0 Å². The molecule has 0 aliphatic carbocycles. The monoisotopic (exact) mass is 277 g/mol. The fraction of sp³-hybridized carbons (Fsp3) is 0.722. The van der Waals surface area contributed by atoms with Crippen LogP contribution >= 0.6 is 0 Å². The summed E-state index contributed by atoms with van der Waals surface area (Å²) in [6.45, 7) is 8.89. The third-order valence-electron chi connectivity index (χ3n) is 4.05. The standard InChI is InChI=1S/C18H31NO/c1-4-5-6-7-8-9-10-11-12-13-14-19-17(3)15-16(2)18(19)20/h15H,3-14H2,1-2H3. The van der Waals surface area contributed by atoms with Crippen LogP contribution in [0.25, 0.3) is 0 Å². The molecule has 0 aromatic rings. The molecule has 2 heteroatoms. The molecule has 0 radical (unpaired) electrons. The van der Waals surface area contributed by atoms with Crippen LogP contribution in [-0.4, -0.2) is 17.4 Å². The van der Waals surface area contributed by atoms with Crippen molar-refractivity contribution in [3.8, 4) is 0 Å². The first kappa shape index (κ1) is 17.0. The number of unbranched alkanes of at least 4 members (excludes halogenated alkanes) is 9. The molecule has 0 N–H and O–H groups in total. The molecule has 1 amide bonds. The van der Waals surface area contributed by atoms with Crippen molar-refractivity contribution in [1.82, 2.24) is 4.90 Å². The quantitative estimate of drug-likeness (QED) is 0.475. The molecule has 0 aromatic carbocycles. The fourth-order valence-electron chi connectivity index (χ4n) is 2.74. The minimum absolute atomic E-state index is 0.144. The van der Waals surface area contributed by atoms with Crippen LogP contribution in [0.3, 0.4) is 0 Å². The molecule has 0 spiro atoms. The summed E-state index contributed by atoms with van der Waals surface area (Å²) in [6, 6.07) is 0. The summed E-state index contributed by atoms with van der Waals surface area (Å²) in [4.78, 5) is 13.6. The number of hydrogen-bond donors (Lipinski definition) is 0. The molecule has 0 aromatic heterocycles. The maximum atomic E-state index is 11.8. The van der Waals surface area contributed by atoms with E-state index in [-0.39, 0.29) is 5.91 Å². The number of rotatable bonds is 11. The Hall–Kier alpha value is -1.05. The Morgan fingerprint density at radius 2 is 1.45 bits per heavy atom. The third kappa shape index (κ3) is 5.94. The molecule has 0 bridgehead atoms. The minimum atomic E-state index is 0.144. The zero-order chi connectivity index (χ0) is 14.8. The summed E-state index contributed by atoms with van der Waals surface area (Å²) in [5.74, 6) is 0.144. The highest BCUT2D eigenvalue weighted by Crippen LogP contribution is 2.20. The summed E-state index contributed by atoms with van der Waals surface area (Å²) in [5.41, 5.74) is 1.69. The van der Waals surface area contributed by atoms with Gasteiger partial charge in [0.05, 0.1) is 0 Å². The van der Waals surface area contributed by atoms with Crippen LogP contribution in [0, 0.1) is 0 Å². The predicted octanol–water partition coefficient (Wildman–Crippen LogP) is 5.21. The number of hydrogen-bond acceptors (Lipinski definition) is 1. The van der Waals surface area contributed by atoms with E-state index in [4.69, 9.17) is 0 Å². The third-order valence-corrected chi connectivity index (χ3v) is 4.05. The molecular weight excluding hydrogens is 246 g/mol. The SMILES string of the molecule is C=C1C=C(C)C(=O)N1CCCCCCCCCCCC. The molecule has 114 valence electrons. The zero-order valence-electron chi connectivity index (χ0n) is 13.4. The molecule has 0 unspecified atom stereocenters. The van der Waals surface area contributed by atoms with Crippen LogP contribution in [-0.2, 0) is 4.79 Å². The Morgan fingerprint density at radius 1 is 0.950 bits per heavy atom. The molecule has 1 heterocycles. The number of nitrogens with zero attached hydrogens (tertiary/aromatic N) is 1. The lowest BCUT2D eigenvalue weighted by molar-refractivity contribution is -0.124. The summed E-state index contributed by atoms with van der Waals surface area (Å²) >= 11 is 0. The second-order valence-electron chi connectivity index (χ2n) is 5.96. The van der Waals surface area contributed by atoms with E-state index in [2.05, 4.69) is 13.5 Å². The molecule has 0 fully saturated rings. The summed E-state index contributed by atoms with van der Waals surface area (Å²) in [7, 11) is 0. The largest absolute Gasteiger partial charge is 0.309 e. The van der Waals surface area contributed by atoms with Crippen molar-refractivity contribution in [3.05, 3.63) is 23.9 Å². The number of allylic oxidation sites excluding steroid dienone is 1. The minimum Gasteiger partial charge on any atom is -0.309 e. The van der Waals surface area contributed by atoms with Crippen LogP contribution in [0.2, 0.25) is 0 Å². The molecule has 1 aliphatic heterocycles. The highest BCUT2D eigenvalue weighted by Gasteiger charge is 2.22. The smallest absolute Gasteiger partial charge is 0.253 e. The van der Waals surface area contributed by atoms with E-state index in [1.165, 1.54) is 57.8 Å². The van der Waals surface area contributed by atoms with Gasteiger partial charge >= 0.3 is 0 Å². The van der Waals surface area contributed by atoms with E-state index >= 15 is 0 Å². The fourth-order valence-corrected chi connectivity index (χ4v) is 2.74. The van der Waals surface area contributed by atoms with Crippen molar-refractivity contribution in [1.29, 1.82) is 0 Å². The Balaban J connectivity index is 1.93. The molecular formula is C18H31NO. The zero-order valence-corrected chi connectivity index (χ0v) is 13.4. The van der Waals surface area contributed by atoms with Crippen LogP contribution < -0.4 is 0 Å². The second-order valence-corrected chi connectivity index (χ2v) is 5.96. The number of carbonyl (C=O) groups is 1. The lowest BCUT2D eigenvalue weighted by Gasteiger charge is -2.17. The van der Waals surface area contributed by atoms with Gasteiger partial charge in [-0.25, -0.2) is 0 Å². The summed E-state index contributed by atoms with van der Waals surface area (Å²) in [6.07, 6.45) is 15.2. The molecule has 0 atom stereocenters. The van der Waals surface area contributed by atoms with Crippen molar-refractivity contribution < 1.29 is 4.79 Å². The summed E-state index contributed by atoms with van der Waals surface area (Å²) < 4.78 is 0. The summed E-state index contributed by atoms with van der Waals surface area (Å²) in [5, 5.41) is 0. The Labute approximate surface area is 124 Å².